The van der Waals surface area contributed by atoms with Crippen molar-refractivity contribution in [3.63, 3.8) is 0 Å². The van der Waals surface area contributed by atoms with E-state index in [0.29, 0.717) is 0 Å². The molecular formula is C15H18N2O2S. The van der Waals surface area contributed by atoms with Crippen molar-refractivity contribution in [3.05, 3.63) is 38.9 Å². The second-order valence-corrected chi connectivity index (χ2v) is 6.24. The first kappa shape index (κ1) is 13.4. The third-order valence-electron chi connectivity index (χ3n) is 3.99. The molecule has 0 spiro atoms. The predicted molar refractivity (Wildman–Crippen MR) is 78.0 cm³/mol. The van der Waals surface area contributed by atoms with Crippen LogP contribution in [0.4, 0.5) is 0 Å². The molecule has 0 aromatic carbocycles. The number of hydrogen-bond donors (Lipinski definition) is 0. The Morgan fingerprint density at radius 1 is 1.45 bits per heavy atom. The molecule has 1 aliphatic rings. The summed E-state index contributed by atoms with van der Waals surface area (Å²) in [5.41, 5.74) is 3.05. The van der Waals surface area contributed by atoms with Crippen LogP contribution in [0, 0.1) is 20.8 Å². The van der Waals surface area contributed by atoms with E-state index in [2.05, 4.69) is 5.16 Å². The van der Waals surface area contributed by atoms with Gasteiger partial charge in [0.25, 0.3) is 5.91 Å². The number of hydrogen-bond acceptors (Lipinski definition) is 4. The summed E-state index contributed by atoms with van der Waals surface area (Å²) in [4.78, 5) is 15.6. The maximum absolute atomic E-state index is 12.7. The number of likely N-dealkylation sites (tertiary alicyclic amines) is 1. The van der Waals surface area contributed by atoms with E-state index in [1.54, 1.807) is 0 Å². The molecule has 106 valence electrons. The molecule has 1 aliphatic heterocycles. The minimum Gasteiger partial charge on any atom is -0.361 e. The fraction of sp³-hybridized carbons (Fsp3) is 0.467. The number of aromatic nitrogens is 1. The summed E-state index contributed by atoms with van der Waals surface area (Å²) in [5.74, 6) is 0.968. The van der Waals surface area contributed by atoms with Crippen LogP contribution in [0.1, 0.15) is 51.1 Å². The van der Waals surface area contributed by atoms with Gasteiger partial charge in [-0.3, -0.25) is 4.79 Å². The monoisotopic (exact) mass is 290 g/mol. The van der Waals surface area contributed by atoms with Crippen molar-refractivity contribution < 1.29 is 9.32 Å². The van der Waals surface area contributed by atoms with Crippen molar-refractivity contribution in [2.45, 2.75) is 39.7 Å². The number of nitrogens with zero attached hydrogens (tertiary/aromatic N) is 2. The zero-order valence-corrected chi connectivity index (χ0v) is 12.8. The molecule has 2 aromatic rings. The van der Waals surface area contributed by atoms with Crippen LogP contribution >= 0.6 is 11.3 Å². The van der Waals surface area contributed by atoms with Crippen molar-refractivity contribution in [1.82, 2.24) is 10.1 Å². The number of carbonyl (C=O) groups excluding carboxylic acids is 1. The molecule has 2 aromatic heterocycles. The van der Waals surface area contributed by atoms with E-state index in [9.17, 15) is 4.79 Å². The molecule has 1 amide bonds. The van der Waals surface area contributed by atoms with E-state index >= 15 is 0 Å². The Bertz CT molecular complexity index is 625. The van der Waals surface area contributed by atoms with Gasteiger partial charge in [0, 0.05) is 12.1 Å². The predicted octanol–water partition coefficient (Wildman–Crippen LogP) is 3.64. The molecule has 0 saturated carbocycles. The summed E-state index contributed by atoms with van der Waals surface area (Å²) in [6.45, 7) is 6.67. The molecule has 0 radical (unpaired) electrons. The average Bonchev–Trinajstić information content (AvgIpc) is 3.10. The Hall–Kier alpha value is -1.62. The topological polar surface area (TPSA) is 46.3 Å². The number of amides is 1. The Balaban J connectivity index is 1.94. The summed E-state index contributed by atoms with van der Waals surface area (Å²) in [6.07, 6.45) is 2.02. The standard InChI is InChI=1S/C15H18N2O2S/c1-9-6-8-20-14(9)15(18)17-7-4-5-12(17)13-10(2)16-19-11(13)3/h6,8,12H,4-5,7H2,1-3H3/t12-/m0/s1. The van der Waals surface area contributed by atoms with Crippen LogP contribution in [-0.4, -0.2) is 22.5 Å². The van der Waals surface area contributed by atoms with Gasteiger partial charge in [-0.15, -0.1) is 11.3 Å². The lowest BCUT2D eigenvalue weighted by molar-refractivity contribution is 0.0739. The van der Waals surface area contributed by atoms with Gasteiger partial charge in [-0.2, -0.15) is 0 Å². The first-order valence-electron chi connectivity index (χ1n) is 6.87. The minimum atomic E-state index is 0.107. The molecule has 20 heavy (non-hydrogen) atoms. The second kappa shape index (κ2) is 5.05. The van der Waals surface area contributed by atoms with Crippen LogP contribution < -0.4 is 0 Å². The van der Waals surface area contributed by atoms with Crippen molar-refractivity contribution in [3.8, 4) is 0 Å². The Kier molecular flexibility index (Phi) is 3.38. The highest BCUT2D eigenvalue weighted by atomic mass is 32.1. The van der Waals surface area contributed by atoms with Crippen LogP contribution in [0.25, 0.3) is 0 Å². The van der Waals surface area contributed by atoms with Gasteiger partial charge in [0.15, 0.2) is 0 Å². The SMILES string of the molecule is Cc1ccsc1C(=O)N1CCC[C@H]1c1c(C)noc1C. The van der Waals surface area contributed by atoms with Crippen LogP contribution in [-0.2, 0) is 0 Å². The minimum absolute atomic E-state index is 0.107. The smallest absolute Gasteiger partial charge is 0.264 e. The third kappa shape index (κ3) is 2.06. The van der Waals surface area contributed by atoms with Crippen LogP contribution in [0.3, 0.4) is 0 Å². The van der Waals surface area contributed by atoms with Crippen LogP contribution in [0.15, 0.2) is 16.0 Å². The lowest BCUT2D eigenvalue weighted by Crippen LogP contribution is -2.30. The van der Waals surface area contributed by atoms with Gasteiger partial charge in [-0.25, -0.2) is 0 Å². The Labute approximate surface area is 122 Å². The van der Waals surface area contributed by atoms with Crippen LogP contribution in [0.5, 0.6) is 0 Å². The highest BCUT2D eigenvalue weighted by Crippen LogP contribution is 2.37. The van der Waals surface area contributed by atoms with Crippen molar-refractivity contribution in [2.75, 3.05) is 6.54 Å². The molecule has 5 heteroatoms. The fourth-order valence-corrected chi connectivity index (χ4v) is 3.88. The number of aryl methyl sites for hydroxylation is 3. The molecule has 3 heterocycles. The molecule has 0 unspecified atom stereocenters. The van der Waals surface area contributed by atoms with Gasteiger partial charge in [0.1, 0.15) is 5.76 Å². The van der Waals surface area contributed by atoms with E-state index in [1.807, 2.05) is 37.1 Å². The van der Waals surface area contributed by atoms with Gasteiger partial charge in [-0.05, 0) is 50.6 Å². The highest BCUT2D eigenvalue weighted by Gasteiger charge is 2.34. The molecule has 4 nitrogen and oxygen atoms in total. The molecular weight excluding hydrogens is 272 g/mol. The van der Waals surface area contributed by atoms with Crippen molar-refractivity contribution in [1.29, 1.82) is 0 Å². The van der Waals surface area contributed by atoms with Gasteiger partial charge in [0.05, 0.1) is 16.6 Å². The number of rotatable bonds is 2. The van der Waals surface area contributed by atoms with Gasteiger partial charge in [-0.1, -0.05) is 5.16 Å². The summed E-state index contributed by atoms with van der Waals surface area (Å²) >= 11 is 1.52. The first-order chi connectivity index (χ1) is 9.59. The zero-order valence-electron chi connectivity index (χ0n) is 12.0. The van der Waals surface area contributed by atoms with Gasteiger partial charge >= 0.3 is 0 Å². The van der Waals surface area contributed by atoms with E-state index in [1.165, 1.54) is 11.3 Å². The summed E-state index contributed by atoms with van der Waals surface area (Å²) in [5, 5.41) is 6.00. The largest absolute Gasteiger partial charge is 0.361 e. The quantitative estimate of drug-likeness (QED) is 0.848. The molecule has 0 aliphatic carbocycles. The highest BCUT2D eigenvalue weighted by molar-refractivity contribution is 7.12. The van der Waals surface area contributed by atoms with Crippen LogP contribution in [0.2, 0.25) is 0 Å². The number of thiophene rings is 1. The molecule has 1 atom stereocenters. The normalized spacial score (nSPS) is 18.8. The molecule has 1 saturated heterocycles. The lowest BCUT2D eigenvalue weighted by Gasteiger charge is -2.24. The Morgan fingerprint density at radius 2 is 2.25 bits per heavy atom. The van der Waals surface area contributed by atoms with Gasteiger partial charge in [0.2, 0.25) is 0 Å². The van der Waals surface area contributed by atoms with E-state index in [-0.39, 0.29) is 11.9 Å². The first-order valence-corrected chi connectivity index (χ1v) is 7.75. The maximum atomic E-state index is 12.7. The lowest BCUT2D eigenvalue weighted by atomic mass is 10.0. The third-order valence-corrected chi connectivity index (χ3v) is 5.00. The Morgan fingerprint density at radius 3 is 2.85 bits per heavy atom. The van der Waals surface area contributed by atoms with E-state index < -0.39 is 0 Å². The van der Waals surface area contributed by atoms with Crippen molar-refractivity contribution in [2.24, 2.45) is 0 Å². The zero-order chi connectivity index (χ0) is 14.3. The fourth-order valence-electron chi connectivity index (χ4n) is 3.00. The molecule has 0 N–H and O–H groups in total. The van der Waals surface area contributed by atoms with Gasteiger partial charge < -0.3 is 9.42 Å². The van der Waals surface area contributed by atoms with E-state index in [0.717, 1.165) is 46.8 Å². The number of carbonyl (C=O) groups is 1. The average molecular weight is 290 g/mol. The van der Waals surface area contributed by atoms with E-state index in [4.69, 9.17) is 4.52 Å². The molecule has 1 fully saturated rings. The summed E-state index contributed by atoms with van der Waals surface area (Å²) < 4.78 is 5.26. The molecule has 3 rings (SSSR count). The summed E-state index contributed by atoms with van der Waals surface area (Å²) in [7, 11) is 0. The second-order valence-electron chi connectivity index (χ2n) is 5.33. The maximum Gasteiger partial charge on any atom is 0.264 e. The van der Waals surface area contributed by atoms with Crippen molar-refractivity contribution >= 4 is 17.2 Å². The summed E-state index contributed by atoms with van der Waals surface area (Å²) in [6, 6.07) is 2.11. The molecule has 0 bridgehead atoms.